The molecule has 2 aromatic carbocycles. The van der Waals surface area contributed by atoms with Gasteiger partial charge in [-0.25, -0.2) is 4.57 Å². The Hall–Kier alpha value is -2.21. The largest absolute Gasteiger partial charge is 0.508 e. The Labute approximate surface area is 139 Å². The van der Waals surface area contributed by atoms with Gasteiger partial charge >= 0.3 is 7.75 Å². The van der Waals surface area contributed by atoms with Crippen LogP contribution in [0, 0.1) is 0 Å². The molecule has 130 valence electrons. The molecule has 1 unspecified atom stereocenters. The molecular formula is C16H20NO6P. The van der Waals surface area contributed by atoms with Crippen LogP contribution in [0.1, 0.15) is 30.4 Å². The molecule has 2 rings (SSSR count). The molecular weight excluding hydrogens is 333 g/mol. The van der Waals surface area contributed by atoms with Crippen LogP contribution in [0.5, 0.6) is 17.2 Å². The van der Waals surface area contributed by atoms with Crippen molar-refractivity contribution in [3.63, 3.8) is 0 Å². The summed E-state index contributed by atoms with van der Waals surface area (Å²) in [4.78, 5) is 18.3. The van der Waals surface area contributed by atoms with Crippen molar-refractivity contribution in [1.29, 1.82) is 0 Å². The summed E-state index contributed by atoms with van der Waals surface area (Å²) < 4.78 is 11.2. The molecule has 0 amide bonds. The number of phenols is 3. The Morgan fingerprint density at radius 3 is 2.21 bits per heavy atom. The fraction of sp³-hybridized carbons (Fsp3) is 0.250. The number of rotatable bonds is 6. The molecule has 0 aromatic heterocycles. The third kappa shape index (κ3) is 4.64. The zero-order valence-corrected chi connectivity index (χ0v) is 13.9. The van der Waals surface area contributed by atoms with E-state index in [-0.39, 0.29) is 28.9 Å². The third-order valence-corrected chi connectivity index (χ3v) is 4.32. The van der Waals surface area contributed by atoms with Crippen LogP contribution >= 0.6 is 7.75 Å². The van der Waals surface area contributed by atoms with Gasteiger partial charge in [0.1, 0.15) is 17.2 Å². The predicted octanol–water partition coefficient (Wildman–Crippen LogP) is 3.04. The highest BCUT2D eigenvalue weighted by Gasteiger charge is 2.21. The summed E-state index contributed by atoms with van der Waals surface area (Å²) in [5, 5.41) is 31.1. The number of aromatic hydroxyl groups is 3. The average Bonchev–Trinajstić information content (AvgIpc) is 2.46. The summed E-state index contributed by atoms with van der Waals surface area (Å²) in [7, 11) is -4.59. The van der Waals surface area contributed by atoms with E-state index in [1.165, 1.54) is 0 Å². The third-order valence-electron chi connectivity index (χ3n) is 3.79. The van der Waals surface area contributed by atoms with Crippen LogP contribution in [-0.2, 0) is 11.0 Å². The zero-order valence-electron chi connectivity index (χ0n) is 13.0. The molecule has 0 saturated carbocycles. The second-order valence-electron chi connectivity index (χ2n) is 5.55. The molecule has 0 aliphatic heterocycles. The van der Waals surface area contributed by atoms with Gasteiger partial charge in [-0.15, -0.1) is 0 Å². The van der Waals surface area contributed by atoms with Crippen molar-refractivity contribution < 1.29 is 29.7 Å². The van der Waals surface area contributed by atoms with E-state index < -0.39 is 7.75 Å². The van der Waals surface area contributed by atoms with E-state index in [1.807, 2.05) is 12.0 Å². The van der Waals surface area contributed by atoms with Gasteiger partial charge in [-0.05, 0) is 36.5 Å². The lowest BCUT2D eigenvalue weighted by molar-refractivity contribution is 0.380. The standard InChI is InChI=1S/C16H20NO6P/c1-2-10(11-3-5-12(18)6-4-11)7-14-15(17-24(21,22)23)8-13(19)9-16(14)20/h3-6,8-10,18-20H,2,7H2,1H3,(H3,17,21,22,23). The van der Waals surface area contributed by atoms with Gasteiger partial charge in [0.05, 0.1) is 5.69 Å². The van der Waals surface area contributed by atoms with Crippen molar-refractivity contribution in [1.82, 2.24) is 0 Å². The minimum Gasteiger partial charge on any atom is -0.508 e. The lowest BCUT2D eigenvalue weighted by Gasteiger charge is -2.20. The molecule has 1 atom stereocenters. The second kappa shape index (κ2) is 7.13. The van der Waals surface area contributed by atoms with Crippen molar-refractivity contribution in [2.24, 2.45) is 0 Å². The van der Waals surface area contributed by atoms with Gasteiger partial charge in [-0.1, -0.05) is 19.1 Å². The molecule has 0 aliphatic carbocycles. The summed E-state index contributed by atoms with van der Waals surface area (Å²) in [5.41, 5.74) is 1.21. The SMILES string of the molecule is CCC(Cc1c(O)cc(O)cc1NP(=O)(O)O)c1ccc(O)cc1. The summed E-state index contributed by atoms with van der Waals surface area (Å²) >= 11 is 0. The van der Waals surface area contributed by atoms with Crippen LogP contribution in [0.4, 0.5) is 5.69 Å². The molecule has 0 fully saturated rings. The molecule has 0 radical (unpaired) electrons. The van der Waals surface area contributed by atoms with E-state index in [2.05, 4.69) is 0 Å². The number of anilines is 1. The first-order chi connectivity index (χ1) is 11.2. The normalized spacial score (nSPS) is 12.8. The average molecular weight is 353 g/mol. The van der Waals surface area contributed by atoms with E-state index in [1.54, 1.807) is 24.3 Å². The Morgan fingerprint density at radius 1 is 1.04 bits per heavy atom. The molecule has 7 nitrogen and oxygen atoms in total. The van der Waals surface area contributed by atoms with E-state index in [4.69, 9.17) is 9.79 Å². The topological polar surface area (TPSA) is 130 Å². The van der Waals surface area contributed by atoms with Gasteiger partial charge < -0.3 is 25.1 Å². The number of phenolic OH excluding ortho intramolecular Hbond substituents is 3. The highest BCUT2D eigenvalue weighted by Crippen LogP contribution is 2.42. The molecule has 0 bridgehead atoms. The van der Waals surface area contributed by atoms with Gasteiger partial charge in [-0.3, -0.25) is 5.09 Å². The Morgan fingerprint density at radius 2 is 1.67 bits per heavy atom. The first kappa shape index (κ1) is 18.1. The van der Waals surface area contributed by atoms with Crippen molar-refractivity contribution in [3.8, 4) is 17.2 Å². The highest BCUT2D eigenvalue weighted by molar-refractivity contribution is 7.53. The molecule has 2 aromatic rings. The molecule has 0 spiro atoms. The van der Waals surface area contributed by atoms with Gasteiger partial charge in [0.25, 0.3) is 0 Å². The lowest BCUT2D eigenvalue weighted by atomic mass is 9.89. The van der Waals surface area contributed by atoms with Crippen LogP contribution < -0.4 is 5.09 Å². The summed E-state index contributed by atoms with van der Waals surface area (Å²) in [5.74, 6) is -0.448. The maximum atomic E-state index is 11.2. The Kier molecular flexibility index (Phi) is 5.39. The minimum atomic E-state index is -4.59. The fourth-order valence-corrected chi connectivity index (χ4v) is 3.12. The van der Waals surface area contributed by atoms with E-state index in [0.29, 0.717) is 18.4 Å². The fourth-order valence-electron chi connectivity index (χ4n) is 2.60. The molecule has 6 N–H and O–H groups in total. The monoisotopic (exact) mass is 353 g/mol. The zero-order chi connectivity index (χ0) is 17.9. The van der Waals surface area contributed by atoms with Gasteiger partial charge in [0.15, 0.2) is 0 Å². The number of hydrogen-bond acceptors (Lipinski definition) is 4. The second-order valence-corrected chi connectivity index (χ2v) is 6.86. The van der Waals surface area contributed by atoms with Crippen molar-refractivity contribution >= 4 is 13.4 Å². The highest BCUT2D eigenvalue weighted by atomic mass is 31.2. The van der Waals surface area contributed by atoms with Crippen LogP contribution in [0.15, 0.2) is 36.4 Å². The molecule has 24 heavy (non-hydrogen) atoms. The van der Waals surface area contributed by atoms with Crippen LogP contribution in [0.25, 0.3) is 0 Å². The maximum absolute atomic E-state index is 11.2. The van der Waals surface area contributed by atoms with Gasteiger partial charge in [-0.2, -0.15) is 0 Å². The number of benzene rings is 2. The summed E-state index contributed by atoms with van der Waals surface area (Å²) in [6, 6.07) is 8.93. The van der Waals surface area contributed by atoms with Crippen LogP contribution in [-0.4, -0.2) is 25.1 Å². The number of nitrogens with one attached hydrogen (secondary N) is 1. The van der Waals surface area contributed by atoms with E-state index in [9.17, 15) is 19.9 Å². The van der Waals surface area contributed by atoms with E-state index in [0.717, 1.165) is 17.7 Å². The molecule has 0 aliphatic rings. The lowest BCUT2D eigenvalue weighted by Crippen LogP contribution is -2.06. The van der Waals surface area contributed by atoms with E-state index >= 15 is 0 Å². The van der Waals surface area contributed by atoms with Crippen molar-refractivity contribution in [3.05, 3.63) is 47.5 Å². The molecule has 0 heterocycles. The first-order valence-electron chi connectivity index (χ1n) is 7.37. The van der Waals surface area contributed by atoms with Crippen molar-refractivity contribution in [2.75, 3.05) is 5.09 Å². The van der Waals surface area contributed by atoms with Gasteiger partial charge in [0, 0.05) is 17.7 Å². The quantitative estimate of drug-likeness (QED) is 0.440. The summed E-state index contributed by atoms with van der Waals surface area (Å²) in [6.07, 6.45) is 1.01. The smallest absolute Gasteiger partial charge is 0.427 e. The van der Waals surface area contributed by atoms with Crippen molar-refractivity contribution in [2.45, 2.75) is 25.7 Å². The Balaban J connectivity index is 2.39. The predicted molar refractivity (Wildman–Crippen MR) is 90.3 cm³/mol. The molecule has 8 heteroatoms. The number of hydrogen-bond donors (Lipinski definition) is 6. The first-order valence-corrected chi connectivity index (χ1v) is 8.98. The maximum Gasteiger partial charge on any atom is 0.427 e. The molecule has 0 saturated heterocycles. The van der Waals surface area contributed by atoms with Crippen LogP contribution in [0.3, 0.4) is 0 Å². The Bertz CT molecular complexity index is 756. The van der Waals surface area contributed by atoms with Gasteiger partial charge in [0.2, 0.25) is 0 Å². The van der Waals surface area contributed by atoms with Crippen LogP contribution in [0.2, 0.25) is 0 Å². The minimum absolute atomic E-state index is 0.0157. The summed E-state index contributed by atoms with van der Waals surface area (Å²) in [6.45, 7) is 1.95.